The summed E-state index contributed by atoms with van der Waals surface area (Å²) in [4.78, 5) is 27.5. The van der Waals surface area contributed by atoms with Crippen molar-refractivity contribution in [3.8, 4) is 0 Å². The number of rotatable bonds is 2. The zero-order chi connectivity index (χ0) is 19.8. The first-order valence-corrected chi connectivity index (χ1v) is 8.89. The fraction of sp³-hybridized carbons (Fsp3) is 0.474. The fourth-order valence-electron chi connectivity index (χ4n) is 3.12. The third kappa shape index (κ3) is 4.10. The van der Waals surface area contributed by atoms with Gasteiger partial charge >= 0.3 is 12.1 Å². The number of aromatic nitrogens is 2. The summed E-state index contributed by atoms with van der Waals surface area (Å²) >= 11 is 0. The molecule has 1 saturated heterocycles. The van der Waals surface area contributed by atoms with Crippen LogP contribution in [-0.2, 0) is 4.74 Å². The molecule has 1 aromatic carbocycles. The lowest BCUT2D eigenvalue weighted by Crippen LogP contribution is -2.50. The van der Waals surface area contributed by atoms with Crippen molar-refractivity contribution in [2.45, 2.75) is 33.3 Å². The Labute approximate surface area is 157 Å². The topological polar surface area (TPSA) is 95.9 Å². The van der Waals surface area contributed by atoms with Crippen LogP contribution in [0, 0.1) is 6.92 Å². The molecule has 0 aliphatic carbocycles. The number of benzene rings is 1. The number of aromatic carboxylic acids is 1. The number of carbonyl (C=O) groups excluding carboxylic acids is 1. The summed E-state index contributed by atoms with van der Waals surface area (Å²) in [5.41, 5.74) is 1.61. The quantitative estimate of drug-likeness (QED) is 0.866. The van der Waals surface area contributed by atoms with Crippen molar-refractivity contribution in [2.24, 2.45) is 0 Å². The van der Waals surface area contributed by atoms with E-state index in [0.29, 0.717) is 31.7 Å². The van der Waals surface area contributed by atoms with Crippen molar-refractivity contribution < 1.29 is 19.4 Å². The van der Waals surface area contributed by atoms with Crippen molar-refractivity contribution in [2.75, 3.05) is 31.1 Å². The van der Waals surface area contributed by atoms with Crippen LogP contribution < -0.4 is 4.90 Å². The van der Waals surface area contributed by atoms with E-state index in [2.05, 4.69) is 15.1 Å². The fourth-order valence-corrected chi connectivity index (χ4v) is 3.12. The molecule has 0 saturated carbocycles. The van der Waals surface area contributed by atoms with Gasteiger partial charge in [0.2, 0.25) is 0 Å². The number of anilines is 1. The Morgan fingerprint density at radius 2 is 1.78 bits per heavy atom. The van der Waals surface area contributed by atoms with Crippen LogP contribution >= 0.6 is 0 Å². The number of fused-ring (bicyclic) bond motifs is 1. The highest BCUT2D eigenvalue weighted by molar-refractivity contribution is 6.06. The van der Waals surface area contributed by atoms with E-state index in [9.17, 15) is 14.7 Å². The van der Waals surface area contributed by atoms with Crippen LogP contribution in [0.25, 0.3) is 10.9 Å². The second kappa shape index (κ2) is 7.02. The molecule has 0 unspecified atom stereocenters. The molecule has 0 spiro atoms. The van der Waals surface area contributed by atoms with E-state index in [-0.39, 0.29) is 11.7 Å². The monoisotopic (exact) mass is 372 g/mol. The third-order valence-corrected chi connectivity index (χ3v) is 4.36. The van der Waals surface area contributed by atoms with Gasteiger partial charge in [0.15, 0.2) is 0 Å². The number of ether oxygens (including phenoxy) is 1. The Balaban J connectivity index is 1.83. The maximum Gasteiger partial charge on any atom is 0.410 e. The Morgan fingerprint density at radius 3 is 2.37 bits per heavy atom. The molecule has 8 heteroatoms. The van der Waals surface area contributed by atoms with Crippen LogP contribution in [0.1, 0.15) is 36.8 Å². The highest BCUT2D eigenvalue weighted by Gasteiger charge is 2.27. The third-order valence-electron chi connectivity index (χ3n) is 4.36. The smallest absolute Gasteiger partial charge is 0.410 e. The van der Waals surface area contributed by atoms with E-state index in [0.717, 1.165) is 16.8 Å². The number of carboxylic acid groups (broad SMARTS) is 1. The molecule has 2 heterocycles. The van der Waals surface area contributed by atoms with Gasteiger partial charge in [-0.3, -0.25) is 0 Å². The maximum absolute atomic E-state index is 12.2. The number of carbonyl (C=O) groups is 2. The number of hydrogen-bond acceptors (Lipinski definition) is 6. The predicted octanol–water partition coefficient (Wildman–Crippen LogP) is 2.69. The SMILES string of the molecule is Cc1cc2c(N3CCN(C(=O)OC(C)(C)C)CC3)ccc(C(=O)O)c2nn1. The van der Waals surface area contributed by atoms with E-state index >= 15 is 0 Å². The van der Waals surface area contributed by atoms with E-state index < -0.39 is 11.6 Å². The van der Waals surface area contributed by atoms with Gasteiger partial charge in [0.25, 0.3) is 0 Å². The molecule has 27 heavy (non-hydrogen) atoms. The van der Waals surface area contributed by atoms with Crippen molar-refractivity contribution in [3.63, 3.8) is 0 Å². The van der Waals surface area contributed by atoms with Crippen LogP contribution in [0.2, 0.25) is 0 Å². The number of carboxylic acids is 1. The molecular formula is C19H24N4O4. The molecule has 1 fully saturated rings. The van der Waals surface area contributed by atoms with Gasteiger partial charge in [-0.05, 0) is 45.9 Å². The molecule has 0 radical (unpaired) electrons. The Bertz CT molecular complexity index is 883. The molecule has 1 amide bonds. The van der Waals surface area contributed by atoms with Crippen molar-refractivity contribution in [1.29, 1.82) is 0 Å². The van der Waals surface area contributed by atoms with Crippen LogP contribution in [0.5, 0.6) is 0 Å². The molecule has 8 nitrogen and oxygen atoms in total. The first-order chi connectivity index (χ1) is 12.7. The van der Waals surface area contributed by atoms with Gasteiger partial charge in [0, 0.05) is 37.3 Å². The van der Waals surface area contributed by atoms with Crippen LogP contribution in [0.3, 0.4) is 0 Å². The average molecular weight is 372 g/mol. The van der Waals surface area contributed by atoms with Gasteiger partial charge in [-0.2, -0.15) is 5.10 Å². The van der Waals surface area contributed by atoms with Gasteiger partial charge in [-0.25, -0.2) is 9.59 Å². The molecule has 0 atom stereocenters. The molecule has 0 bridgehead atoms. The zero-order valence-corrected chi connectivity index (χ0v) is 16.0. The van der Waals surface area contributed by atoms with Crippen molar-refractivity contribution >= 4 is 28.7 Å². The summed E-state index contributed by atoms with van der Waals surface area (Å²) in [6.45, 7) is 9.69. The Hall–Kier alpha value is -2.90. The minimum absolute atomic E-state index is 0.133. The average Bonchev–Trinajstić information content (AvgIpc) is 2.59. The molecule has 1 aromatic heterocycles. The van der Waals surface area contributed by atoms with Crippen LogP contribution in [0.4, 0.5) is 10.5 Å². The van der Waals surface area contributed by atoms with E-state index in [1.807, 2.05) is 33.8 Å². The Kier molecular flexibility index (Phi) is 4.91. The molecule has 1 aliphatic heterocycles. The summed E-state index contributed by atoms with van der Waals surface area (Å²) in [5, 5.41) is 18.3. The molecule has 144 valence electrons. The second-order valence-electron chi connectivity index (χ2n) is 7.64. The first-order valence-electron chi connectivity index (χ1n) is 8.89. The first kappa shape index (κ1) is 18.9. The molecular weight excluding hydrogens is 348 g/mol. The highest BCUT2D eigenvalue weighted by Crippen LogP contribution is 2.29. The van der Waals surface area contributed by atoms with Crippen LogP contribution in [0.15, 0.2) is 18.2 Å². The maximum atomic E-state index is 12.2. The number of piperazine rings is 1. The van der Waals surface area contributed by atoms with Gasteiger partial charge in [-0.1, -0.05) is 0 Å². The minimum Gasteiger partial charge on any atom is -0.478 e. The number of amides is 1. The van der Waals surface area contributed by atoms with Gasteiger partial charge in [0.05, 0.1) is 11.3 Å². The molecule has 1 aliphatic rings. The number of nitrogens with zero attached hydrogens (tertiary/aromatic N) is 4. The highest BCUT2D eigenvalue weighted by atomic mass is 16.6. The zero-order valence-electron chi connectivity index (χ0n) is 16.0. The van der Waals surface area contributed by atoms with Gasteiger partial charge in [0.1, 0.15) is 11.1 Å². The summed E-state index contributed by atoms with van der Waals surface area (Å²) in [6, 6.07) is 5.21. The standard InChI is InChI=1S/C19H24N4O4/c1-12-11-14-15(6-5-13(17(24)25)16(14)21-20-12)22-7-9-23(10-8-22)18(26)27-19(2,3)4/h5-6,11H,7-10H2,1-4H3,(H,24,25). The number of hydrogen-bond donors (Lipinski definition) is 1. The summed E-state index contributed by atoms with van der Waals surface area (Å²) in [5.74, 6) is -1.03. The van der Waals surface area contributed by atoms with Crippen LogP contribution in [-0.4, -0.2) is 64.0 Å². The van der Waals surface area contributed by atoms with Crippen molar-refractivity contribution in [3.05, 3.63) is 29.5 Å². The predicted molar refractivity (Wildman–Crippen MR) is 101 cm³/mol. The van der Waals surface area contributed by atoms with Gasteiger partial charge < -0.3 is 19.6 Å². The lowest BCUT2D eigenvalue weighted by Gasteiger charge is -2.37. The summed E-state index contributed by atoms with van der Waals surface area (Å²) < 4.78 is 5.43. The van der Waals surface area contributed by atoms with Gasteiger partial charge in [-0.15, -0.1) is 5.10 Å². The lowest BCUT2D eigenvalue weighted by molar-refractivity contribution is 0.0240. The molecule has 2 aromatic rings. The Morgan fingerprint density at radius 1 is 1.11 bits per heavy atom. The lowest BCUT2D eigenvalue weighted by atomic mass is 10.1. The van der Waals surface area contributed by atoms with E-state index in [1.54, 1.807) is 17.0 Å². The number of aryl methyl sites for hydroxylation is 1. The largest absolute Gasteiger partial charge is 0.478 e. The normalized spacial score (nSPS) is 15.1. The van der Waals surface area contributed by atoms with E-state index in [1.165, 1.54) is 0 Å². The molecule has 3 rings (SSSR count). The summed E-state index contributed by atoms with van der Waals surface area (Å²) in [7, 11) is 0. The van der Waals surface area contributed by atoms with E-state index in [4.69, 9.17) is 4.74 Å². The second-order valence-corrected chi connectivity index (χ2v) is 7.64. The molecule has 1 N–H and O–H groups in total. The van der Waals surface area contributed by atoms with Crippen molar-refractivity contribution in [1.82, 2.24) is 15.1 Å². The minimum atomic E-state index is -1.03. The summed E-state index contributed by atoms with van der Waals surface area (Å²) in [6.07, 6.45) is -0.310.